The summed E-state index contributed by atoms with van der Waals surface area (Å²) in [6.07, 6.45) is 0. The maximum absolute atomic E-state index is 11.8. The zero-order chi connectivity index (χ0) is 14.6. The highest BCUT2D eigenvalue weighted by Gasteiger charge is 2.16. The Bertz CT molecular complexity index is 552. The summed E-state index contributed by atoms with van der Waals surface area (Å²) < 4.78 is 21.4. The smallest absolute Gasteiger partial charge is 0.265 e. The first-order chi connectivity index (χ1) is 8.69. The van der Waals surface area contributed by atoms with E-state index in [1.54, 1.807) is 0 Å². The summed E-state index contributed by atoms with van der Waals surface area (Å²) in [5.74, 6) is -0.675. The van der Waals surface area contributed by atoms with Crippen LogP contribution in [0.3, 0.4) is 0 Å². The highest BCUT2D eigenvalue weighted by atomic mass is 32.2. The van der Waals surface area contributed by atoms with Gasteiger partial charge in [0.05, 0.1) is 5.75 Å². The van der Waals surface area contributed by atoms with E-state index in [1.165, 1.54) is 0 Å². The van der Waals surface area contributed by atoms with Crippen molar-refractivity contribution in [2.75, 3.05) is 23.3 Å². The Morgan fingerprint density at radius 1 is 1.47 bits per heavy atom. The van der Waals surface area contributed by atoms with Crippen LogP contribution in [0.1, 0.15) is 23.5 Å². The molecule has 0 spiro atoms. The van der Waals surface area contributed by atoms with Gasteiger partial charge in [0.1, 0.15) is 10.7 Å². The quantitative estimate of drug-likeness (QED) is 0.562. The summed E-state index contributed by atoms with van der Waals surface area (Å²) >= 11 is 1.11. The molecule has 0 aliphatic rings. The minimum absolute atomic E-state index is 0.0675. The van der Waals surface area contributed by atoms with E-state index in [1.807, 2.05) is 13.8 Å². The molecule has 1 amide bonds. The van der Waals surface area contributed by atoms with Crippen molar-refractivity contribution in [2.45, 2.75) is 19.9 Å². The fourth-order valence-electron chi connectivity index (χ4n) is 1.19. The van der Waals surface area contributed by atoms with Gasteiger partial charge in [0, 0.05) is 12.6 Å². The average molecular weight is 307 g/mol. The minimum atomic E-state index is -3.59. The minimum Gasteiger partial charge on any atom is -0.382 e. The van der Waals surface area contributed by atoms with E-state index in [4.69, 9.17) is 10.9 Å². The van der Waals surface area contributed by atoms with Gasteiger partial charge in [-0.2, -0.15) is 0 Å². The van der Waals surface area contributed by atoms with E-state index in [0.717, 1.165) is 11.3 Å². The predicted octanol–water partition coefficient (Wildman–Crippen LogP) is -0.436. The molecule has 8 nitrogen and oxygen atoms in total. The second-order valence-electron chi connectivity index (χ2n) is 4.16. The van der Waals surface area contributed by atoms with Gasteiger partial charge in [0.15, 0.2) is 5.13 Å². The average Bonchev–Trinajstić information content (AvgIpc) is 2.56. The lowest BCUT2D eigenvalue weighted by Crippen LogP contribution is -2.31. The van der Waals surface area contributed by atoms with Gasteiger partial charge in [-0.3, -0.25) is 4.79 Å². The van der Waals surface area contributed by atoms with Crippen molar-refractivity contribution in [3.05, 3.63) is 4.88 Å². The molecule has 6 N–H and O–H groups in total. The molecule has 0 aliphatic carbocycles. The van der Waals surface area contributed by atoms with Crippen LogP contribution in [0.5, 0.6) is 0 Å². The number of nitrogen functional groups attached to an aromatic ring is 1. The van der Waals surface area contributed by atoms with E-state index in [2.05, 4.69) is 15.6 Å². The fourth-order valence-corrected chi connectivity index (χ4v) is 2.52. The number of thiazole rings is 1. The Kier molecular flexibility index (Phi) is 5.09. The molecule has 108 valence electrons. The first-order valence-electron chi connectivity index (χ1n) is 5.50. The van der Waals surface area contributed by atoms with Gasteiger partial charge in [-0.1, -0.05) is 11.3 Å². The van der Waals surface area contributed by atoms with Crippen molar-refractivity contribution in [3.63, 3.8) is 0 Å². The number of carbonyl (C=O) groups is 1. The maximum Gasteiger partial charge on any atom is 0.265 e. The van der Waals surface area contributed by atoms with Gasteiger partial charge in [-0.25, -0.2) is 18.5 Å². The normalized spacial score (nSPS) is 11.6. The molecule has 10 heteroatoms. The Balaban J connectivity index is 2.64. The van der Waals surface area contributed by atoms with E-state index in [0.29, 0.717) is 5.13 Å². The van der Waals surface area contributed by atoms with Crippen LogP contribution in [0.4, 0.5) is 10.9 Å². The third kappa shape index (κ3) is 5.41. The third-order valence-corrected chi connectivity index (χ3v) is 3.72. The second-order valence-corrected chi connectivity index (χ2v) is 6.89. The Morgan fingerprint density at radius 3 is 2.63 bits per heavy atom. The standard InChI is InChI=1S/C9H17N5O3S2/c1-5(2)13-9-14-7(10)6(18-9)8(15)12-3-4-19(11,16)17/h5H,3-4,10H2,1-2H3,(H,12,15)(H,13,14)(H2,11,16,17). The summed E-state index contributed by atoms with van der Waals surface area (Å²) in [7, 11) is -3.59. The fraction of sp³-hybridized carbons (Fsp3) is 0.556. The molecular formula is C9H17N5O3S2. The molecule has 0 radical (unpaired) electrons. The van der Waals surface area contributed by atoms with Crippen LogP contribution in [-0.4, -0.2) is 37.6 Å². The van der Waals surface area contributed by atoms with Crippen LogP contribution in [-0.2, 0) is 10.0 Å². The third-order valence-electron chi connectivity index (χ3n) is 1.94. The molecule has 19 heavy (non-hydrogen) atoms. The lowest BCUT2D eigenvalue weighted by molar-refractivity contribution is 0.0961. The van der Waals surface area contributed by atoms with Crippen LogP contribution in [0, 0.1) is 0 Å². The van der Waals surface area contributed by atoms with Crippen molar-refractivity contribution in [1.29, 1.82) is 0 Å². The van der Waals surface area contributed by atoms with E-state index < -0.39 is 15.9 Å². The van der Waals surface area contributed by atoms with E-state index in [9.17, 15) is 13.2 Å². The van der Waals surface area contributed by atoms with E-state index in [-0.39, 0.29) is 29.0 Å². The van der Waals surface area contributed by atoms with Gasteiger partial charge < -0.3 is 16.4 Å². The SMILES string of the molecule is CC(C)Nc1nc(N)c(C(=O)NCCS(N)(=O)=O)s1. The molecule has 0 atom stereocenters. The maximum atomic E-state index is 11.8. The number of primary sulfonamides is 1. The van der Waals surface area contributed by atoms with Gasteiger partial charge in [-0.15, -0.1) is 0 Å². The summed E-state index contributed by atoms with van der Waals surface area (Å²) in [4.78, 5) is 16.0. The molecule has 0 aromatic carbocycles. The van der Waals surface area contributed by atoms with Crippen molar-refractivity contribution < 1.29 is 13.2 Å². The molecular weight excluding hydrogens is 290 g/mol. The first kappa shape index (κ1) is 15.7. The number of nitrogens with one attached hydrogen (secondary N) is 2. The molecule has 0 bridgehead atoms. The van der Waals surface area contributed by atoms with Crippen molar-refractivity contribution in [3.8, 4) is 0 Å². The number of sulfonamides is 1. The second kappa shape index (κ2) is 6.17. The van der Waals surface area contributed by atoms with Gasteiger partial charge in [0.25, 0.3) is 5.91 Å². The molecule has 0 aliphatic heterocycles. The summed E-state index contributed by atoms with van der Waals surface area (Å²) in [5, 5.41) is 10.8. The summed E-state index contributed by atoms with van der Waals surface area (Å²) in [6, 6.07) is 0.170. The van der Waals surface area contributed by atoms with Crippen molar-refractivity contribution in [2.24, 2.45) is 5.14 Å². The lowest BCUT2D eigenvalue weighted by Gasteiger charge is -2.04. The van der Waals surface area contributed by atoms with Crippen LogP contribution in [0.25, 0.3) is 0 Å². The Morgan fingerprint density at radius 2 is 2.11 bits per heavy atom. The van der Waals surface area contributed by atoms with Crippen LogP contribution in [0.2, 0.25) is 0 Å². The van der Waals surface area contributed by atoms with E-state index >= 15 is 0 Å². The van der Waals surface area contributed by atoms with Crippen LogP contribution >= 0.6 is 11.3 Å². The molecule has 0 fully saturated rings. The predicted molar refractivity (Wildman–Crippen MR) is 75.6 cm³/mol. The number of aromatic nitrogens is 1. The number of nitrogens with zero attached hydrogens (tertiary/aromatic N) is 1. The molecule has 0 saturated carbocycles. The number of anilines is 2. The van der Waals surface area contributed by atoms with Gasteiger partial charge in [-0.05, 0) is 13.8 Å². The van der Waals surface area contributed by atoms with Crippen LogP contribution in [0.15, 0.2) is 0 Å². The number of nitrogens with two attached hydrogens (primary N) is 2. The zero-order valence-corrected chi connectivity index (χ0v) is 12.3. The number of hydrogen-bond acceptors (Lipinski definition) is 7. The molecule has 1 heterocycles. The first-order valence-corrected chi connectivity index (χ1v) is 8.03. The summed E-state index contributed by atoms with van der Waals surface area (Å²) in [5.41, 5.74) is 5.63. The van der Waals surface area contributed by atoms with Crippen LogP contribution < -0.4 is 21.5 Å². The Hall–Kier alpha value is -1.39. The molecule has 0 saturated heterocycles. The number of carbonyl (C=O) groups excluding carboxylic acids is 1. The molecule has 1 rings (SSSR count). The van der Waals surface area contributed by atoms with Gasteiger partial charge in [0.2, 0.25) is 10.0 Å². The molecule has 1 aromatic rings. The Labute approximate surface area is 115 Å². The number of amides is 1. The van der Waals surface area contributed by atoms with Crippen molar-refractivity contribution in [1.82, 2.24) is 10.3 Å². The molecule has 0 unspecified atom stereocenters. The number of rotatable bonds is 6. The highest BCUT2D eigenvalue weighted by molar-refractivity contribution is 7.89. The monoisotopic (exact) mass is 307 g/mol. The largest absolute Gasteiger partial charge is 0.382 e. The summed E-state index contributed by atoms with van der Waals surface area (Å²) in [6.45, 7) is 3.80. The number of hydrogen-bond donors (Lipinski definition) is 4. The van der Waals surface area contributed by atoms with Gasteiger partial charge >= 0.3 is 0 Å². The molecule has 1 aromatic heterocycles. The van der Waals surface area contributed by atoms with Crippen molar-refractivity contribution >= 4 is 38.2 Å². The topological polar surface area (TPSA) is 140 Å². The zero-order valence-electron chi connectivity index (χ0n) is 10.6. The lowest BCUT2D eigenvalue weighted by atomic mass is 10.4. The highest BCUT2D eigenvalue weighted by Crippen LogP contribution is 2.25.